The van der Waals surface area contributed by atoms with Crippen molar-refractivity contribution in [3.63, 3.8) is 0 Å². The molecule has 0 aliphatic carbocycles. The van der Waals surface area contributed by atoms with Crippen molar-refractivity contribution in [2.24, 2.45) is 5.92 Å². The number of hydrogen-bond acceptors (Lipinski definition) is 4. The van der Waals surface area contributed by atoms with Crippen LogP contribution in [0.25, 0.3) is 0 Å². The smallest absolute Gasteiger partial charge is 0.255 e. The van der Waals surface area contributed by atoms with Gasteiger partial charge in [0, 0.05) is 22.9 Å². The van der Waals surface area contributed by atoms with E-state index in [4.69, 9.17) is 21.1 Å². The molecule has 2 aromatic carbocycles. The number of ether oxygens (including phenoxy) is 2. The molecule has 7 heteroatoms. The Morgan fingerprint density at radius 2 is 1.86 bits per heavy atom. The van der Waals surface area contributed by atoms with E-state index >= 15 is 0 Å². The predicted octanol–water partition coefficient (Wildman–Crippen LogP) is 5.29. The molecule has 0 saturated heterocycles. The lowest BCUT2D eigenvalue weighted by Gasteiger charge is -2.15. The van der Waals surface area contributed by atoms with Gasteiger partial charge in [-0.3, -0.25) is 9.59 Å². The first-order valence-corrected chi connectivity index (χ1v) is 9.87. The van der Waals surface area contributed by atoms with Crippen molar-refractivity contribution in [2.75, 3.05) is 24.4 Å². The van der Waals surface area contributed by atoms with Crippen LogP contribution in [-0.4, -0.2) is 25.5 Å². The summed E-state index contributed by atoms with van der Waals surface area (Å²) in [6.45, 7) is 7.99. The fraction of sp³-hybridized carbons (Fsp3) is 0.364. The summed E-state index contributed by atoms with van der Waals surface area (Å²) in [6.07, 6.45) is 0.824. The molecule has 0 unspecified atom stereocenters. The normalized spacial score (nSPS) is 10.6. The minimum Gasteiger partial charge on any atom is -0.493 e. The van der Waals surface area contributed by atoms with Crippen LogP contribution in [0.2, 0.25) is 5.02 Å². The molecule has 2 amide bonds. The third-order valence-corrected chi connectivity index (χ3v) is 4.50. The van der Waals surface area contributed by atoms with Crippen molar-refractivity contribution < 1.29 is 19.1 Å². The van der Waals surface area contributed by atoms with Gasteiger partial charge in [0.15, 0.2) is 11.5 Å². The van der Waals surface area contributed by atoms with Gasteiger partial charge >= 0.3 is 0 Å². The second-order valence-corrected chi connectivity index (χ2v) is 7.37. The number of carbonyl (C=O) groups is 2. The van der Waals surface area contributed by atoms with E-state index in [1.54, 1.807) is 24.3 Å². The third-order valence-electron chi connectivity index (χ3n) is 4.22. The van der Waals surface area contributed by atoms with Crippen LogP contribution in [0.15, 0.2) is 30.3 Å². The van der Waals surface area contributed by atoms with Crippen LogP contribution < -0.4 is 20.1 Å². The first-order valence-electron chi connectivity index (χ1n) is 9.50. The molecule has 2 aromatic rings. The quantitative estimate of drug-likeness (QED) is 0.610. The number of anilines is 2. The molecule has 0 fully saturated rings. The van der Waals surface area contributed by atoms with Crippen molar-refractivity contribution in [2.45, 2.75) is 34.1 Å². The number of rotatable bonds is 8. The van der Waals surface area contributed by atoms with Crippen molar-refractivity contribution in [3.05, 3.63) is 46.5 Å². The zero-order valence-electron chi connectivity index (χ0n) is 17.4. The molecule has 0 aromatic heterocycles. The van der Waals surface area contributed by atoms with Crippen molar-refractivity contribution in [1.82, 2.24) is 0 Å². The summed E-state index contributed by atoms with van der Waals surface area (Å²) in [7, 11) is 1.50. The lowest BCUT2D eigenvalue weighted by atomic mass is 10.1. The van der Waals surface area contributed by atoms with Gasteiger partial charge in [-0.05, 0) is 43.2 Å². The van der Waals surface area contributed by atoms with Gasteiger partial charge < -0.3 is 20.1 Å². The second kappa shape index (κ2) is 10.2. The summed E-state index contributed by atoms with van der Waals surface area (Å²) in [5.41, 5.74) is 2.41. The van der Waals surface area contributed by atoms with E-state index in [2.05, 4.69) is 10.6 Å². The summed E-state index contributed by atoms with van der Waals surface area (Å²) in [6, 6.07) is 8.49. The molecule has 0 aliphatic rings. The van der Waals surface area contributed by atoms with Crippen LogP contribution in [0.5, 0.6) is 11.5 Å². The largest absolute Gasteiger partial charge is 0.493 e. The number of benzene rings is 2. The van der Waals surface area contributed by atoms with E-state index < -0.39 is 0 Å². The Morgan fingerprint density at radius 1 is 1.14 bits per heavy atom. The number of halogens is 1. The van der Waals surface area contributed by atoms with E-state index in [9.17, 15) is 9.59 Å². The van der Waals surface area contributed by atoms with E-state index in [1.165, 1.54) is 7.11 Å². The highest BCUT2D eigenvalue weighted by atomic mass is 35.5. The van der Waals surface area contributed by atoms with Crippen molar-refractivity contribution >= 4 is 34.8 Å². The van der Waals surface area contributed by atoms with Gasteiger partial charge in [-0.15, -0.1) is 0 Å². The zero-order chi connectivity index (χ0) is 21.6. The second-order valence-electron chi connectivity index (χ2n) is 6.97. The predicted molar refractivity (Wildman–Crippen MR) is 116 cm³/mol. The Hall–Kier alpha value is -2.73. The Labute approximate surface area is 176 Å². The summed E-state index contributed by atoms with van der Waals surface area (Å²) < 4.78 is 11.0. The van der Waals surface area contributed by atoms with Crippen molar-refractivity contribution in [3.8, 4) is 11.5 Å². The van der Waals surface area contributed by atoms with Gasteiger partial charge in [-0.25, -0.2) is 0 Å². The molecule has 2 rings (SSSR count). The maximum absolute atomic E-state index is 12.8. The van der Waals surface area contributed by atoms with E-state index in [0.29, 0.717) is 40.1 Å². The number of hydrogen-bond donors (Lipinski definition) is 2. The van der Waals surface area contributed by atoms with Crippen molar-refractivity contribution in [1.29, 1.82) is 0 Å². The van der Waals surface area contributed by atoms with Crippen LogP contribution in [-0.2, 0) is 4.79 Å². The van der Waals surface area contributed by atoms with Crippen LogP contribution in [0.4, 0.5) is 11.4 Å². The third kappa shape index (κ3) is 5.87. The molecule has 0 heterocycles. The Kier molecular flexibility index (Phi) is 7.91. The highest BCUT2D eigenvalue weighted by Crippen LogP contribution is 2.37. The van der Waals surface area contributed by atoms with Crippen LogP contribution >= 0.6 is 11.6 Å². The highest BCUT2D eigenvalue weighted by molar-refractivity contribution is 6.32. The monoisotopic (exact) mass is 418 g/mol. The van der Waals surface area contributed by atoms with Gasteiger partial charge in [-0.2, -0.15) is 0 Å². The Balaban J connectivity index is 2.25. The standard InChI is InChI=1S/C22H27ClN2O4/c1-6-9-29-20-17(23)10-15(11-19(20)28-5)22(27)25-18-12-16(8-7-14(18)4)24-21(26)13(2)3/h7-8,10-13H,6,9H2,1-5H3,(H,24,26)(H,25,27). The minimum atomic E-state index is -0.345. The average Bonchev–Trinajstić information content (AvgIpc) is 2.68. The Morgan fingerprint density at radius 3 is 2.48 bits per heavy atom. The highest BCUT2D eigenvalue weighted by Gasteiger charge is 2.17. The van der Waals surface area contributed by atoms with Crippen LogP contribution in [0, 0.1) is 12.8 Å². The fourth-order valence-corrected chi connectivity index (χ4v) is 2.78. The zero-order valence-corrected chi connectivity index (χ0v) is 18.1. The van der Waals surface area contributed by atoms with Crippen LogP contribution in [0.3, 0.4) is 0 Å². The van der Waals surface area contributed by atoms with E-state index in [1.807, 2.05) is 33.8 Å². The number of nitrogens with one attached hydrogen (secondary N) is 2. The molecular formula is C22H27ClN2O4. The first kappa shape index (κ1) is 22.6. The van der Waals surface area contributed by atoms with Gasteiger partial charge in [0.1, 0.15) is 0 Å². The molecule has 156 valence electrons. The van der Waals surface area contributed by atoms with E-state index in [0.717, 1.165) is 12.0 Å². The molecule has 0 aliphatic heterocycles. The minimum absolute atomic E-state index is 0.0923. The lowest BCUT2D eigenvalue weighted by Crippen LogP contribution is -2.18. The maximum Gasteiger partial charge on any atom is 0.255 e. The number of amides is 2. The topological polar surface area (TPSA) is 76.7 Å². The fourth-order valence-electron chi connectivity index (χ4n) is 2.51. The molecule has 29 heavy (non-hydrogen) atoms. The van der Waals surface area contributed by atoms with Gasteiger partial charge in [0.05, 0.1) is 18.7 Å². The molecule has 0 radical (unpaired) electrons. The molecule has 0 saturated carbocycles. The number of methoxy groups -OCH3 is 1. The lowest BCUT2D eigenvalue weighted by molar-refractivity contribution is -0.118. The van der Waals surface area contributed by atoms with Gasteiger partial charge in [0.25, 0.3) is 5.91 Å². The van der Waals surface area contributed by atoms with Crippen LogP contribution in [0.1, 0.15) is 43.1 Å². The summed E-state index contributed by atoms with van der Waals surface area (Å²) in [4.78, 5) is 24.7. The van der Waals surface area contributed by atoms with Gasteiger partial charge in [-0.1, -0.05) is 38.4 Å². The molecule has 6 nitrogen and oxygen atoms in total. The summed E-state index contributed by atoms with van der Waals surface area (Å²) >= 11 is 6.31. The molecular weight excluding hydrogens is 392 g/mol. The average molecular weight is 419 g/mol. The number of carbonyl (C=O) groups excluding carboxylic acids is 2. The molecule has 0 atom stereocenters. The molecule has 2 N–H and O–H groups in total. The summed E-state index contributed by atoms with van der Waals surface area (Å²) in [5.74, 6) is 0.235. The van der Waals surface area contributed by atoms with Gasteiger partial charge in [0.2, 0.25) is 5.91 Å². The SMILES string of the molecule is CCCOc1c(Cl)cc(C(=O)Nc2cc(NC(=O)C(C)C)ccc2C)cc1OC. The maximum atomic E-state index is 12.8. The summed E-state index contributed by atoms with van der Waals surface area (Å²) in [5, 5.41) is 6.00. The first-order chi connectivity index (χ1) is 13.8. The van der Waals surface area contributed by atoms with E-state index in [-0.39, 0.29) is 17.7 Å². The Bertz CT molecular complexity index is 897. The molecule has 0 bridgehead atoms. The number of aryl methyl sites for hydroxylation is 1. The molecule has 0 spiro atoms.